The SMILES string of the molecule is CCN1CCCC1CNC(=O)c1cc2c(Cl)cccc2[nH]1. The Morgan fingerprint density at radius 3 is 3.14 bits per heavy atom. The van der Waals surface area contributed by atoms with Crippen LogP contribution in [-0.4, -0.2) is 41.5 Å². The van der Waals surface area contributed by atoms with Crippen molar-refractivity contribution in [3.8, 4) is 0 Å². The molecule has 0 saturated carbocycles. The van der Waals surface area contributed by atoms with E-state index in [0.29, 0.717) is 23.3 Å². The number of amides is 1. The Balaban J connectivity index is 1.68. The Bertz CT molecular complexity index is 652. The molecule has 2 N–H and O–H groups in total. The molecule has 1 unspecified atom stereocenters. The summed E-state index contributed by atoms with van der Waals surface area (Å²) in [6, 6.07) is 7.91. The minimum Gasteiger partial charge on any atom is -0.350 e. The van der Waals surface area contributed by atoms with E-state index < -0.39 is 0 Å². The van der Waals surface area contributed by atoms with E-state index in [2.05, 4.69) is 22.1 Å². The highest BCUT2D eigenvalue weighted by Crippen LogP contribution is 2.24. The Morgan fingerprint density at radius 2 is 2.38 bits per heavy atom. The maximum absolute atomic E-state index is 12.3. The van der Waals surface area contributed by atoms with E-state index in [1.807, 2.05) is 24.3 Å². The zero-order valence-electron chi connectivity index (χ0n) is 12.2. The van der Waals surface area contributed by atoms with E-state index in [0.717, 1.165) is 30.4 Å². The molecule has 1 amide bonds. The van der Waals surface area contributed by atoms with E-state index >= 15 is 0 Å². The lowest BCUT2D eigenvalue weighted by Gasteiger charge is -2.22. The van der Waals surface area contributed by atoms with E-state index in [4.69, 9.17) is 11.6 Å². The van der Waals surface area contributed by atoms with Gasteiger partial charge in [0.2, 0.25) is 0 Å². The number of rotatable bonds is 4. The van der Waals surface area contributed by atoms with Crippen molar-refractivity contribution >= 4 is 28.4 Å². The monoisotopic (exact) mass is 305 g/mol. The van der Waals surface area contributed by atoms with Gasteiger partial charge in [-0.1, -0.05) is 24.6 Å². The first-order valence-corrected chi connectivity index (χ1v) is 7.86. The maximum atomic E-state index is 12.3. The van der Waals surface area contributed by atoms with Gasteiger partial charge in [0, 0.05) is 28.5 Å². The number of halogens is 1. The average molecular weight is 306 g/mol. The van der Waals surface area contributed by atoms with Crippen molar-refractivity contribution in [3.05, 3.63) is 35.0 Å². The summed E-state index contributed by atoms with van der Waals surface area (Å²) >= 11 is 6.14. The molecule has 1 aromatic heterocycles. The van der Waals surface area contributed by atoms with Crippen LogP contribution in [0.15, 0.2) is 24.3 Å². The minimum absolute atomic E-state index is 0.0646. The number of hydrogen-bond acceptors (Lipinski definition) is 2. The van der Waals surface area contributed by atoms with E-state index in [1.54, 1.807) is 0 Å². The van der Waals surface area contributed by atoms with Crippen LogP contribution in [0.25, 0.3) is 10.9 Å². The standard InChI is InChI=1S/C16H20ClN3O/c1-2-20-8-4-5-11(20)10-18-16(21)15-9-12-13(17)6-3-7-14(12)19-15/h3,6-7,9,11,19H,2,4-5,8,10H2,1H3,(H,18,21). The third kappa shape index (κ3) is 2.92. The first kappa shape index (κ1) is 14.4. The van der Waals surface area contributed by atoms with E-state index in [9.17, 15) is 4.79 Å². The number of carbonyl (C=O) groups is 1. The van der Waals surface area contributed by atoms with Crippen LogP contribution in [0, 0.1) is 0 Å². The fraction of sp³-hybridized carbons (Fsp3) is 0.438. The van der Waals surface area contributed by atoms with Crippen molar-refractivity contribution in [1.29, 1.82) is 0 Å². The fourth-order valence-electron chi connectivity index (χ4n) is 3.09. The second kappa shape index (κ2) is 6.08. The van der Waals surface area contributed by atoms with Gasteiger partial charge >= 0.3 is 0 Å². The second-order valence-corrected chi connectivity index (χ2v) is 5.93. The number of carbonyl (C=O) groups excluding carboxylic acids is 1. The molecule has 1 aliphatic rings. The molecular formula is C16H20ClN3O. The lowest BCUT2D eigenvalue weighted by Crippen LogP contribution is -2.40. The molecule has 0 bridgehead atoms. The van der Waals surface area contributed by atoms with Gasteiger partial charge < -0.3 is 10.3 Å². The van der Waals surface area contributed by atoms with Crippen molar-refractivity contribution in [2.45, 2.75) is 25.8 Å². The van der Waals surface area contributed by atoms with Crippen LogP contribution < -0.4 is 5.32 Å². The summed E-state index contributed by atoms with van der Waals surface area (Å²) in [5.41, 5.74) is 1.46. The molecule has 4 nitrogen and oxygen atoms in total. The predicted molar refractivity (Wildman–Crippen MR) is 85.9 cm³/mol. The number of benzene rings is 1. The van der Waals surface area contributed by atoms with Gasteiger partial charge in [0.05, 0.1) is 0 Å². The molecule has 2 aromatic rings. The van der Waals surface area contributed by atoms with E-state index in [1.165, 1.54) is 6.42 Å². The van der Waals surface area contributed by atoms with Crippen molar-refractivity contribution in [1.82, 2.24) is 15.2 Å². The molecule has 3 rings (SSSR count). The van der Waals surface area contributed by atoms with Crippen LogP contribution >= 0.6 is 11.6 Å². The van der Waals surface area contributed by atoms with Gasteiger partial charge in [0.15, 0.2) is 0 Å². The minimum atomic E-state index is -0.0646. The number of H-pyrrole nitrogens is 1. The van der Waals surface area contributed by atoms with Crippen LogP contribution in [0.2, 0.25) is 5.02 Å². The van der Waals surface area contributed by atoms with Crippen LogP contribution in [0.1, 0.15) is 30.3 Å². The van der Waals surface area contributed by atoms with Gasteiger partial charge in [-0.25, -0.2) is 0 Å². The molecule has 1 aliphatic heterocycles. The molecule has 112 valence electrons. The van der Waals surface area contributed by atoms with E-state index in [-0.39, 0.29) is 5.91 Å². The smallest absolute Gasteiger partial charge is 0.267 e. The predicted octanol–water partition coefficient (Wildman–Crippen LogP) is 3.04. The number of aromatic amines is 1. The van der Waals surface area contributed by atoms with Gasteiger partial charge in [-0.3, -0.25) is 9.69 Å². The Labute approximate surface area is 129 Å². The zero-order chi connectivity index (χ0) is 14.8. The number of hydrogen-bond donors (Lipinski definition) is 2. The molecular weight excluding hydrogens is 286 g/mol. The Morgan fingerprint density at radius 1 is 1.52 bits per heavy atom. The molecule has 5 heteroatoms. The van der Waals surface area contributed by atoms with Gasteiger partial charge in [-0.2, -0.15) is 0 Å². The average Bonchev–Trinajstić information content (AvgIpc) is 3.11. The molecule has 2 heterocycles. The lowest BCUT2D eigenvalue weighted by atomic mass is 10.2. The quantitative estimate of drug-likeness (QED) is 0.912. The molecule has 1 fully saturated rings. The van der Waals surface area contributed by atoms with Crippen molar-refractivity contribution in [2.24, 2.45) is 0 Å². The molecule has 0 radical (unpaired) electrons. The highest BCUT2D eigenvalue weighted by molar-refractivity contribution is 6.35. The summed E-state index contributed by atoms with van der Waals surface area (Å²) in [5.74, 6) is -0.0646. The second-order valence-electron chi connectivity index (χ2n) is 5.52. The summed E-state index contributed by atoms with van der Waals surface area (Å²) in [4.78, 5) is 17.8. The summed E-state index contributed by atoms with van der Waals surface area (Å²) in [7, 11) is 0. The number of nitrogens with one attached hydrogen (secondary N) is 2. The third-order valence-corrected chi connectivity index (χ3v) is 4.59. The summed E-state index contributed by atoms with van der Waals surface area (Å²) in [6.45, 7) is 5.05. The highest BCUT2D eigenvalue weighted by Gasteiger charge is 2.23. The molecule has 0 spiro atoms. The number of likely N-dealkylation sites (tertiary alicyclic amines) is 1. The topological polar surface area (TPSA) is 48.1 Å². The van der Waals surface area contributed by atoms with Crippen molar-refractivity contribution < 1.29 is 4.79 Å². The molecule has 1 aromatic carbocycles. The molecule has 1 saturated heterocycles. The summed E-state index contributed by atoms with van der Waals surface area (Å²) < 4.78 is 0. The summed E-state index contributed by atoms with van der Waals surface area (Å²) in [6.07, 6.45) is 2.38. The lowest BCUT2D eigenvalue weighted by molar-refractivity contribution is 0.0937. The number of fused-ring (bicyclic) bond motifs is 1. The van der Waals surface area contributed by atoms with Gasteiger partial charge in [0.25, 0.3) is 5.91 Å². The number of likely N-dealkylation sites (N-methyl/N-ethyl adjacent to an activating group) is 1. The highest BCUT2D eigenvalue weighted by atomic mass is 35.5. The first-order valence-electron chi connectivity index (χ1n) is 7.48. The normalized spacial score (nSPS) is 19.2. The first-order chi connectivity index (χ1) is 10.2. The van der Waals surface area contributed by atoms with Crippen LogP contribution in [0.4, 0.5) is 0 Å². The molecule has 21 heavy (non-hydrogen) atoms. The zero-order valence-corrected chi connectivity index (χ0v) is 12.9. The van der Waals surface area contributed by atoms with Crippen LogP contribution in [0.3, 0.4) is 0 Å². The fourth-order valence-corrected chi connectivity index (χ4v) is 3.32. The van der Waals surface area contributed by atoms with Crippen molar-refractivity contribution in [2.75, 3.05) is 19.6 Å². The Hall–Kier alpha value is -1.52. The third-order valence-electron chi connectivity index (χ3n) is 4.26. The van der Waals surface area contributed by atoms with Crippen molar-refractivity contribution in [3.63, 3.8) is 0 Å². The van der Waals surface area contributed by atoms with Gasteiger partial charge in [-0.15, -0.1) is 0 Å². The van der Waals surface area contributed by atoms with Gasteiger partial charge in [0.1, 0.15) is 5.69 Å². The van der Waals surface area contributed by atoms with Gasteiger partial charge in [-0.05, 0) is 44.1 Å². The molecule has 1 atom stereocenters. The van der Waals surface area contributed by atoms with Crippen LogP contribution in [0.5, 0.6) is 0 Å². The number of aromatic nitrogens is 1. The molecule has 0 aliphatic carbocycles. The summed E-state index contributed by atoms with van der Waals surface area (Å²) in [5, 5.41) is 4.58. The largest absolute Gasteiger partial charge is 0.350 e. The maximum Gasteiger partial charge on any atom is 0.267 e. The number of nitrogens with zero attached hydrogens (tertiary/aromatic N) is 1. The Kier molecular flexibility index (Phi) is 4.17. The van der Waals surface area contributed by atoms with Crippen LogP contribution in [-0.2, 0) is 0 Å².